The molecule has 2 aromatic rings. The lowest BCUT2D eigenvalue weighted by molar-refractivity contribution is -0.345. The van der Waals surface area contributed by atoms with Crippen LogP contribution in [0.2, 0.25) is 0 Å². The summed E-state index contributed by atoms with van der Waals surface area (Å²) in [6.07, 6.45) is 45.4. The standard InChI is InChI=1S/C53H84N2/c1-5-9-13-15-17-18-19-20-21-22-23-24-25-26-27-28-29-31-33-43-51-50(42-32-30-16-14-10-6-2)52(48-40-34-38-46(44-48)36-11-7-3)55(54)53(51)49-41-35-39-47(45-49)37-12-8-4/h33-35,38-41,43-45H,5-32,36-37,42H2,1-4H3. The third kappa shape index (κ3) is 18.4. The van der Waals surface area contributed by atoms with E-state index in [-0.39, 0.29) is 0 Å². The van der Waals surface area contributed by atoms with E-state index in [2.05, 4.69) is 88.4 Å². The van der Waals surface area contributed by atoms with Crippen LogP contribution in [0.4, 0.5) is 0 Å². The summed E-state index contributed by atoms with van der Waals surface area (Å²) >= 11 is 0. The van der Waals surface area contributed by atoms with E-state index in [0.717, 1.165) is 54.6 Å². The van der Waals surface area contributed by atoms with Crippen molar-refractivity contribution in [2.75, 3.05) is 0 Å². The molecule has 0 saturated heterocycles. The lowest BCUT2D eigenvalue weighted by Crippen LogP contribution is -2.03. The summed E-state index contributed by atoms with van der Waals surface area (Å²) in [6.45, 7) is 9.13. The van der Waals surface area contributed by atoms with Crippen LogP contribution in [0.3, 0.4) is 0 Å². The van der Waals surface area contributed by atoms with E-state index in [1.54, 1.807) is 4.70 Å². The van der Waals surface area contributed by atoms with Crippen molar-refractivity contribution in [3.63, 3.8) is 0 Å². The lowest BCUT2D eigenvalue weighted by Gasteiger charge is -2.11. The third-order valence-electron chi connectivity index (χ3n) is 11.9. The van der Waals surface area contributed by atoms with Gasteiger partial charge >= 0.3 is 0 Å². The molecule has 0 aliphatic carbocycles. The molecule has 0 saturated carbocycles. The summed E-state index contributed by atoms with van der Waals surface area (Å²) < 4.78 is 1.57. The molecule has 306 valence electrons. The van der Waals surface area contributed by atoms with Gasteiger partial charge < -0.3 is 5.53 Å². The maximum Gasteiger partial charge on any atom is 0.215 e. The highest BCUT2D eigenvalue weighted by atomic mass is 15.2. The van der Waals surface area contributed by atoms with Gasteiger partial charge in [0.25, 0.3) is 0 Å². The molecule has 0 atom stereocenters. The molecule has 2 heteroatoms. The van der Waals surface area contributed by atoms with Crippen LogP contribution in [0.15, 0.2) is 71.8 Å². The van der Waals surface area contributed by atoms with E-state index < -0.39 is 0 Å². The minimum absolute atomic E-state index is 0.965. The zero-order valence-electron chi connectivity index (χ0n) is 36.6. The fourth-order valence-corrected chi connectivity index (χ4v) is 8.41. The molecule has 0 unspecified atom stereocenters. The summed E-state index contributed by atoms with van der Waals surface area (Å²) in [5, 5.41) is 0. The highest BCUT2D eigenvalue weighted by Crippen LogP contribution is 2.43. The maximum absolute atomic E-state index is 12.2. The number of aryl methyl sites for hydroxylation is 2. The van der Waals surface area contributed by atoms with Gasteiger partial charge in [-0.2, -0.15) is 0 Å². The van der Waals surface area contributed by atoms with Crippen LogP contribution in [0.25, 0.3) is 16.9 Å². The van der Waals surface area contributed by atoms with Gasteiger partial charge in [-0.3, -0.25) is 0 Å². The van der Waals surface area contributed by atoms with Crippen molar-refractivity contribution in [3.8, 4) is 0 Å². The number of hydrogen-bond donors (Lipinski definition) is 0. The van der Waals surface area contributed by atoms with Gasteiger partial charge in [-0.15, -0.1) is 0 Å². The number of unbranched alkanes of at least 4 members (excludes halogenated alkanes) is 24. The summed E-state index contributed by atoms with van der Waals surface area (Å²) in [4.78, 5) is 0. The van der Waals surface area contributed by atoms with E-state index in [9.17, 15) is 5.53 Å². The maximum atomic E-state index is 12.2. The van der Waals surface area contributed by atoms with Crippen molar-refractivity contribution in [2.45, 2.75) is 227 Å². The molecule has 1 heterocycles. The smallest absolute Gasteiger partial charge is 0.215 e. The Bertz CT molecular complexity index is 1410. The summed E-state index contributed by atoms with van der Waals surface area (Å²) in [7, 11) is 0. The molecule has 0 amide bonds. The predicted molar refractivity (Wildman–Crippen MR) is 243 cm³/mol. The molecule has 55 heavy (non-hydrogen) atoms. The van der Waals surface area contributed by atoms with Gasteiger partial charge in [0.2, 0.25) is 11.4 Å². The van der Waals surface area contributed by atoms with Crippen LogP contribution in [0.5, 0.6) is 0 Å². The van der Waals surface area contributed by atoms with Gasteiger partial charge in [0.15, 0.2) is 0 Å². The fourth-order valence-electron chi connectivity index (χ4n) is 8.41. The van der Waals surface area contributed by atoms with Crippen LogP contribution in [0, 0.1) is 0 Å². The topological polar surface area (TPSA) is 25.3 Å². The molecule has 2 nitrogen and oxygen atoms in total. The number of nitrogens with zero attached hydrogens (tertiary/aromatic N) is 2. The largest absolute Gasteiger partial charge is 0.493 e. The Morgan fingerprint density at radius 2 is 0.836 bits per heavy atom. The predicted octanol–water partition coefficient (Wildman–Crippen LogP) is 17.9. The van der Waals surface area contributed by atoms with Gasteiger partial charge in [-0.1, -0.05) is 212 Å². The van der Waals surface area contributed by atoms with E-state index in [4.69, 9.17) is 0 Å². The summed E-state index contributed by atoms with van der Waals surface area (Å²) in [6, 6.07) is 18.0. The van der Waals surface area contributed by atoms with Crippen LogP contribution in [-0.2, 0) is 12.8 Å². The molecule has 0 N–H and O–H groups in total. The zero-order chi connectivity index (χ0) is 39.2. The van der Waals surface area contributed by atoms with E-state index in [1.165, 1.54) is 189 Å². The van der Waals surface area contributed by atoms with E-state index in [0.29, 0.717) is 0 Å². The Labute approximate surface area is 341 Å². The first kappa shape index (κ1) is 46.6. The van der Waals surface area contributed by atoms with Gasteiger partial charge in [0.1, 0.15) is 0 Å². The van der Waals surface area contributed by atoms with Crippen molar-refractivity contribution in [1.29, 1.82) is 0 Å². The number of rotatable bonds is 34. The fraction of sp³-hybridized carbons (Fsp3) is 0.660. The van der Waals surface area contributed by atoms with Gasteiger partial charge in [0.05, 0.1) is 5.57 Å². The van der Waals surface area contributed by atoms with Crippen molar-refractivity contribution < 1.29 is 4.70 Å². The normalized spacial score (nSPS) is 13.3. The van der Waals surface area contributed by atoms with Crippen LogP contribution >= 0.6 is 0 Å². The molecule has 0 radical (unpaired) electrons. The second-order valence-electron chi connectivity index (χ2n) is 16.9. The molecule has 0 bridgehead atoms. The Balaban J connectivity index is 1.64. The second kappa shape index (κ2) is 30.4. The Morgan fingerprint density at radius 1 is 0.436 bits per heavy atom. The minimum atomic E-state index is 0.965. The van der Waals surface area contributed by atoms with Gasteiger partial charge in [-0.25, -0.2) is 4.70 Å². The number of allylic oxidation sites excluding steroid dienone is 4. The zero-order valence-corrected chi connectivity index (χ0v) is 36.6. The first-order chi connectivity index (χ1) is 27.1. The highest BCUT2D eigenvalue weighted by molar-refractivity contribution is 5.84. The molecule has 0 aromatic heterocycles. The molecular weight excluding hydrogens is 665 g/mol. The minimum Gasteiger partial charge on any atom is -0.493 e. The third-order valence-corrected chi connectivity index (χ3v) is 11.9. The lowest BCUT2D eigenvalue weighted by atomic mass is 9.93. The van der Waals surface area contributed by atoms with Crippen LogP contribution in [0.1, 0.15) is 236 Å². The molecule has 0 fully saturated rings. The summed E-state index contributed by atoms with van der Waals surface area (Å²) in [5.74, 6) is 0. The highest BCUT2D eigenvalue weighted by Gasteiger charge is 2.34. The van der Waals surface area contributed by atoms with E-state index in [1.807, 2.05) is 0 Å². The molecule has 1 aliphatic rings. The van der Waals surface area contributed by atoms with Gasteiger partial charge in [-0.05, 0) is 86.8 Å². The molecule has 2 aromatic carbocycles. The van der Waals surface area contributed by atoms with Crippen molar-refractivity contribution in [3.05, 3.63) is 99.6 Å². The van der Waals surface area contributed by atoms with E-state index >= 15 is 0 Å². The quantitative estimate of drug-likeness (QED) is 0.0503. The Kier molecular flexibility index (Phi) is 25.8. The summed E-state index contributed by atoms with van der Waals surface area (Å²) in [5.41, 5.74) is 21.8. The number of benzene rings is 2. The average Bonchev–Trinajstić information content (AvgIpc) is 3.48. The molecular formula is C53H84N2. The first-order valence-electron chi connectivity index (χ1n) is 24.0. The van der Waals surface area contributed by atoms with Crippen LogP contribution < -0.4 is 0 Å². The van der Waals surface area contributed by atoms with Crippen LogP contribution in [-0.4, -0.2) is 4.70 Å². The van der Waals surface area contributed by atoms with Gasteiger partial charge in [0, 0.05) is 16.7 Å². The first-order valence-corrected chi connectivity index (χ1v) is 24.0. The SMILES string of the molecule is CCCCCCCCCCCCCCCCCCCC=CC1=C(c2cccc(CCCC)c2)[N+](=[N-])C(c2cccc(CCCC)c2)=C1CCCCCCCC. The average molecular weight is 749 g/mol. The molecule has 0 spiro atoms. The molecule has 1 aliphatic heterocycles. The van der Waals surface area contributed by atoms with Crippen molar-refractivity contribution in [2.24, 2.45) is 0 Å². The van der Waals surface area contributed by atoms with Crippen molar-refractivity contribution in [1.82, 2.24) is 0 Å². The Morgan fingerprint density at radius 3 is 1.29 bits per heavy atom. The number of hydrogen-bond acceptors (Lipinski definition) is 0. The Hall–Kier alpha value is -2.74. The monoisotopic (exact) mass is 749 g/mol. The second-order valence-corrected chi connectivity index (χ2v) is 16.9. The van der Waals surface area contributed by atoms with Crippen molar-refractivity contribution >= 4 is 11.4 Å². The molecule has 3 rings (SSSR count).